The molecule has 0 heterocycles. The lowest BCUT2D eigenvalue weighted by Gasteiger charge is -2.21. The Kier molecular flexibility index (Phi) is 4.40. The van der Waals surface area contributed by atoms with Crippen LogP contribution >= 0.6 is 0 Å². The average molecular weight is 272 g/mol. The number of anilines is 2. The predicted octanol–water partition coefficient (Wildman–Crippen LogP) is 3.71. The summed E-state index contributed by atoms with van der Waals surface area (Å²) >= 11 is 0. The average Bonchev–Trinajstić information content (AvgIpc) is 2.37. The molecule has 0 amide bonds. The van der Waals surface area contributed by atoms with Gasteiger partial charge in [-0.2, -0.15) is 0 Å². The molecule has 2 N–H and O–H groups in total. The number of hydrogen-bond acceptors (Lipinski definition) is 2. The lowest BCUT2D eigenvalue weighted by Crippen LogP contribution is -2.12. The molecule has 2 rings (SSSR count). The van der Waals surface area contributed by atoms with E-state index in [0.717, 1.165) is 11.3 Å². The highest BCUT2D eigenvalue weighted by molar-refractivity contribution is 5.64. The van der Waals surface area contributed by atoms with E-state index in [1.807, 2.05) is 37.9 Å². The van der Waals surface area contributed by atoms with Crippen LogP contribution in [0.15, 0.2) is 36.4 Å². The van der Waals surface area contributed by atoms with Crippen LogP contribution in [0.5, 0.6) is 0 Å². The maximum atomic E-state index is 14.2. The summed E-state index contributed by atoms with van der Waals surface area (Å²) in [5.41, 5.74) is 10.4. The van der Waals surface area contributed by atoms with Gasteiger partial charge in [-0.05, 0) is 67.8 Å². The van der Waals surface area contributed by atoms with Gasteiger partial charge >= 0.3 is 0 Å². The van der Waals surface area contributed by atoms with Crippen LogP contribution < -0.4 is 10.6 Å². The number of benzene rings is 2. The number of nitrogens with zero attached hydrogens (tertiary/aromatic N) is 1. The summed E-state index contributed by atoms with van der Waals surface area (Å²) in [6.07, 6.45) is 0.699. The Morgan fingerprint density at radius 3 is 2.25 bits per heavy atom. The van der Waals surface area contributed by atoms with Crippen molar-refractivity contribution in [2.75, 3.05) is 18.5 Å². The highest BCUT2D eigenvalue weighted by Gasteiger charge is 2.10. The molecule has 20 heavy (non-hydrogen) atoms. The van der Waals surface area contributed by atoms with Gasteiger partial charge in [-0.25, -0.2) is 4.39 Å². The Hall–Kier alpha value is -1.87. The summed E-state index contributed by atoms with van der Waals surface area (Å²) in [5, 5.41) is 0. The molecule has 0 atom stereocenters. The summed E-state index contributed by atoms with van der Waals surface area (Å²) in [6, 6.07) is 11.5. The Balaban J connectivity index is 2.35. The van der Waals surface area contributed by atoms with Crippen LogP contribution in [0.2, 0.25) is 0 Å². The first-order chi connectivity index (χ1) is 9.51. The van der Waals surface area contributed by atoms with E-state index in [1.54, 1.807) is 6.07 Å². The highest BCUT2D eigenvalue weighted by Crippen LogP contribution is 2.28. The van der Waals surface area contributed by atoms with Gasteiger partial charge in [-0.15, -0.1) is 0 Å². The maximum absolute atomic E-state index is 14.2. The van der Waals surface area contributed by atoms with Crippen LogP contribution in [0.3, 0.4) is 0 Å². The molecule has 0 fully saturated rings. The van der Waals surface area contributed by atoms with Crippen molar-refractivity contribution in [3.63, 3.8) is 0 Å². The number of aryl methyl sites for hydroxylation is 2. The van der Waals surface area contributed by atoms with Crippen LogP contribution in [0.1, 0.15) is 16.7 Å². The molecule has 0 aliphatic heterocycles. The van der Waals surface area contributed by atoms with Gasteiger partial charge in [-0.3, -0.25) is 0 Å². The smallest absolute Gasteiger partial charge is 0.147 e. The molecule has 106 valence electrons. The van der Waals surface area contributed by atoms with E-state index in [9.17, 15) is 4.39 Å². The van der Waals surface area contributed by atoms with Crippen molar-refractivity contribution >= 4 is 11.4 Å². The van der Waals surface area contributed by atoms with Crippen molar-refractivity contribution in [1.82, 2.24) is 0 Å². The van der Waals surface area contributed by atoms with Crippen LogP contribution in [0.4, 0.5) is 15.8 Å². The number of hydrogen-bond donors (Lipinski definition) is 1. The molecular weight excluding hydrogens is 251 g/mol. The van der Waals surface area contributed by atoms with Crippen LogP contribution in [-0.2, 0) is 6.42 Å². The first-order valence-corrected chi connectivity index (χ1v) is 6.82. The molecule has 2 aromatic carbocycles. The van der Waals surface area contributed by atoms with Crippen molar-refractivity contribution in [3.8, 4) is 0 Å². The fourth-order valence-electron chi connectivity index (χ4n) is 2.43. The molecule has 0 spiro atoms. The molecule has 0 radical (unpaired) electrons. The second kappa shape index (κ2) is 6.06. The van der Waals surface area contributed by atoms with E-state index in [1.165, 1.54) is 11.1 Å². The predicted molar refractivity (Wildman–Crippen MR) is 83.1 cm³/mol. The van der Waals surface area contributed by atoms with E-state index < -0.39 is 0 Å². The summed E-state index contributed by atoms with van der Waals surface area (Å²) in [7, 11) is 1.88. The third-order valence-electron chi connectivity index (χ3n) is 3.40. The van der Waals surface area contributed by atoms with Gasteiger partial charge in [0.05, 0.1) is 5.69 Å². The normalized spacial score (nSPS) is 10.7. The molecule has 2 aromatic rings. The molecule has 3 heteroatoms. The molecule has 0 aromatic heterocycles. The quantitative estimate of drug-likeness (QED) is 0.919. The molecular formula is C17H21FN2. The summed E-state index contributed by atoms with van der Waals surface area (Å²) in [6.45, 7) is 4.63. The van der Waals surface area contributed by atoms with Crippen molar-refractivity contribution in [2.45, 2.75) is 20.3 Å². The summed E-state index contributed by atoms with van der Waals surface area (Å²) in [4.78, 5) is 1.88. The molecule has 2 nitrogen and oxygen atoms in total. The first kappa shape index (κ1) is 14.5. The fraction of sp³-hybridized carbons (Fsp3) is 0.294. The first-order valence-electron chi connectivity index (χ1n) is 6.82. The zero-order valence-corrected chi connectivity index (χ0v) is 12.3. The second-order valence-electron chi connectivity index (χ2n) is 5.23. The minimum atomic E-state index is -0.211. The third kappa shape index (κ3) is 3.17. The molecule has 0 aliphatic carbocycles. The monoisotopic (exact) mass is 272 g/mol. The largest absolute Gasteiger partial charge is 0.342 e. The number of halogens is 1. The SMILES string of the molecule is Cc1cc(C)cc(N(C)c2ccc(CCN)cc2F)c1. The second-order valence-corrected chi connectivity index (χ2v) is 5.23. The van der Waals surface area contributed by atoms with E-state index in [-0.39, 0.29) is 5.82 Å². The van der Waals surface area contributed by atoms with Gasteiger partial charge in [0, 0.05) is 12.7 Å². The highest BCUT2D eigenvalue weighted by atomic mass is 19.1. The van der Waals surface area contributed by atoms with E-state index in [2.05, 4.69) is 18.2 Å². The molecule has 0 aliphatic rings. The Labute approximate surface area is 120 Å². The van der Waals surface area contributed by atoms with Gasteiger partial charge < -0.3 is 10.6 Å². The lowest BCUT2D eigenvalue weighted by atomic mass is 10.1. The van der Waals surface area contributed by atoms with Crippen LogP contribution in [0, 0.1) is 19.7 Å². The minimum absolute atomic E-state index is 0.211. The minimum Gasteiger partial charge on any atom is -0.342 e. The topological polar surface area (TPSA) is 29.3 Å². The lowest BCUT2D eigenvalue weighted by molar-refractivity contribution is 0.625. The third-order valence-corrected chi connectivity index (χ3v) is 3.40. The van der Waals surface area contributed by atoms with Crippen molar-refractivity contribution < 1.29 is 4.39 Å². The van der Waals surface area contributed by atoms with Crippen LogP contribution in [0.25, 0.3) is 0 Å². The molecule has 0 saturated heterocycles. The molecule has 0 unspecified atom stereocenters. The van der Waals surface area contributed by atoms with Crippen LogP contribution in [-0.4, -0.2) is 13.6 Å². The Bertz CT molecular complexity index is 588. The number of nitrogens with two attached hydrogens (primary N) is 1. The van der Waals surface area contributed by atoms with Crippen molar-refractivity contribution in [1.29, 1.82) is 0 Å². The zero-order valence-electron chi connectivity index (χ0n) is 12.3. The van der Waals surface area contributed by atoms with E-state index in [0.29, 0.717) is 18.7 Å². The van der Waals surface area contributed by atoms with Gasteiger partial charge in [-0.1, -0.05) is 12.1 Å². The van der Waals surface area contributed by atoms with Gasteiger partial charge in [0.15, 0.2) is 0 Å². The summed E-state index contributed by atoms with van der Waals surface area (Å²) < 4.78 is 14.2. The maximum Gasteiger partial charge on any atom is 0.147 e. The van der Waals surface area contributed by atoms with Gasteiger partial charge in [0.2, 0.25) is 0 Å². The fourth-order valence-corrected chi connectivity index (χ4v) is 2.43. The molecule has 0 bridgehead atoms. The van der Waals surface area contributed by atoms with Gasteiger partial charge in [0.25, 0.3) is 0 Å². The zero-order chi connectivity index (χ0) is 14.7. The Morgan fingerprint density at radius 1 is 1.05 bits per heavy atom. The number of rotatable bonds is 4. The Morgan fingerprint density at radius 2 is 1.70 bits per heavy atom. The molecule has 0 saturated carbocycles. The van der Waals surface area contributed by atoms with E-state index >= 15 is 0 Å². The van der Waals surface area contributed by atoms with Crippen molar-refractivity contribution in [2.24, 2.45) is 5.73 Å². The van der Waals surface area contributed by atoms with Crippen molar-refractivity contribution in [3.05, 3.63) is 58.9 Å². The summed E-state index contributed by atoms with van der Waals surface area (Å²) in [5.74, 6) is -0.211. The van der Waals surface area contributed by atoms with E-state index in [4.69, 9.17) is 5.73 Å². The standard InChI is InChI=1S/C17H21FN2/c1-12-8-13(2)10-15(9-12)20(3)17-5-4-14(6-7-19)11-16(17)18/h4-5,8-11H,6-7,19H2,1-3H3. The van der Waals surface area contributed by atoms with Gasteiger partial charge in [0.1, 0.15) is 5.82 Å².